The quantitative estimate of drug-likeness (QED) is 0.715. The second-order valence-electron chi connectivity index (χ2n) is 3.66. The Kier molecular flexibility index (Phi) is 2.74. The van der Waals surface area contributed by atoms with Gasteiger partial charge in [0.05, 0.1) is 0 Å². The fraction of sp³-hybridized carbons (Fsp3) is 0.600. The Balaban J connectivity index is 2.23. The molecule has 3 nitrogen and oxygen atoms in total. The van der Waals surface area contributed by atoms with Crippen molar-refractivity contribution in [2.24, 2.45) is 0 Å². The summed E-state index contributed by atoms with van der Waals surface area (Å²) in [5, 5.41) is 12.7. The van der Waals surface area contributed by atoms with Crippen molar-refractivity contribution >= 4 is 11.6 Å². The van der Waals surface area contributed by atoms with Gasteiger partial charge < -0.3 is 4.52 Å². The smallest absolute Gasteiger partial charge is 0.202 e. The van der Waals surface area contributed by atoms with Gasteiger partial charge in [0.25, 0.3) is 0 Å². The van der Waals surface area contributed by atoms with Crippen molar-refractivity contribution in [3.05, 3.63) is 16.5 Å². The molecule has 0 bridgehead atoms. The highest BCUT2D eigenvalue weighted by Crippen LogP contribution is 2.37. The van der Waals surface area contributed by atoms with Gasteiger partial charge in [-0.15, -0.1) is 0 Å². The molecule has 0 amide bonds. The lowest BCUT2D eigenvalue weighted by molar-refractivity contribution is 0.321. The summed E-state index contributed by atoms with van der Waals surface area (Å²) in [6.07, 6.45) is 5.90. The molecule has 1 aromatic rings. The van der Waals surface area contributed by atoms with Crippen molar-refractivity contribution in [3.63, 3.8) is 0 Å². The number of nitrogens with zero attached hydrogens (tertiary/aromatic N) is 2. The van der Waals surface area contributed by atoms with Gasteiger partial charge in [-0.3, -0.25) is 0 Å². The molecule has 0 atom stereocenters. The predicted molar refractivity (Wildman–Crippen MR) is 52.1 cm³/mol. The molecule has 0 aromatic carbocycles. The third kappa shape index (κ3) is 1.62. The Bertz CT molecular complexity index is 361. The van der Waals surface area contributed by atoms with Crippen LogP contribution >= 0.6 is 11.6 Å². The van der Waals surface area contributed by atoms with E-state index in [-0.39, 0.29) is 5.69 Å². The zero-order valence-corrected chi connectivity index (χ0v) is 8.55. The van der Waals surface area contributed by atoms with Crippen LogP contribution in [0, 0.1) is 11.3 Å². The van der Waals surface area contributed by atoms with Crippen LogP contribution < -0.4 is 0 Å². The van der Waals surface area contributed by atoms with Gasteiger partial charge >= 0.3 is 0 Å². The first-order valence-corrected chi connectivity index (χ1v) is 5.26. The summed E-state index contributed by atoms with van der Waals surface area (Å²) in [6, 6.07) is 1.92. The Morgan fingerprint density at radius 3 is 2.64 bits per heavy atom. The highest BCUT2D eigenvalue weighted by molar-refractivity contribution is 6.32. The molecular weight excluding hydrogens is 200 g/mol. The summed E-state index contributed by atoms with van der Waals surface area (Å²) in [5.41, 5.74) is 0.215. The van der Waals surface area contributed by atoms with Crippen LogP contribution in [0.4, 0.5) is 0 Å². The molecule has 1 heterocycles. The molecular formula is C10H11ClN2O. The zero-order valence-electron chi connectivity index (χ0n) is 7.79. The normalized spacial score (nSPS) is 18.0. The monoisotopic (exact) mass is 210 g/mol. The van der Waals surface area contributed by atoms with E-state index in [9.17, 15) is 0 Å². The average molecular weight is 211 g/mol. The van der Waals surface area contributed by atoms with Crippen LogP contribution in [-0.4, -0.2) is 5.16 Å². The summed E-state index contributed by atoms with van der Waals surface area (Å²) in [4.78, 5) is 0. The third-order valence-electron chi connectivity index (χ3n) is 2.74. The Labute approximate surface area is 87.6 Å². The van der Waals surface area contributed by atoms with Gasteiger partial charge in [-0.05, 0) is 12.8 Å². The Morgan fingerprint density at radius 1 is 1.36 bits per heavy atom. The molecule has 1 fully saturated rings. The van der Waals surface area contributed by atoms with Crippen LogP contribution in [0.2, 0.25) is 5.02 Å². The first-order valence-electron chi connectivity index (χ1n) is 4.88. The SMILES string of the molecule is N#Cc1noc(C2CCCCC2)c1Cl. The van der Waals surface area contributed by atoms with Crippen LogP contribution in [0.25, 0.3) is 0 Å². The van der Waals surface area contributed by atoms with Crippen molar-refractivity contribution in [3.8, 4) is 6.07 Å². The summed E-state index contributed by atoms with van der Waals surface area (Å²) < 4.78 is 5.12. The summed E-state index contributed by atoms with van der Waals surface area (Å²) >= 11 is 5.98. The van der Waals surface area contributed by atoms with Crippen molar-refractivity contribution in [1.82, 2.24) is 5.16 Å². The molecule has 1 saturated carbocycles. The molecule has 0 N–H and O–H groups in total. The average Bonchev–Trinajstić information content (AvgIpc) is 2.61. The van der Waals surface area contributed by atoms with Gasteiger partial charge in [0, 0.05) is 5.92 Å². The van der Waals surface area contributed by atoms with E-state index in [2.05, 4.69) is 5.16 Å². The van der Waals surface area contributed by atoms with E-state index in [1.807, 2.05) is 6.07 Å². The number of aromatic nitrogens is 1. The largest absolute Gasteiger partial charge is 0.358 e. The molecule has 1 aromatic heterocycles. The van der Waals surface area contributed by atoms with Crippen molar-refractivity contribution in [2.45, 2.75) is 38.0 Å². The van der Waals surface area contributed by atoms with Crippen LogP contribution in [-0.2, 0) is 0 Å². The molecule has 2 rings (SSSR count). The molecule has 0 radical (unpaired) electrons. The maximum atomic E-state index is 8.67. The Hall–Kier alpha value is -1.01. The molecule has 0 aliphatic heterocycles. The minimum atomic E-state index is 0.215. The molecule has 0 saturated heterocycles. The lowest BCUT2D eigenvalue weighted by Crippen LogP contribution is -2.03. The number of hydrogen-bond acceptors (Lipinski definition) is 3. The van der Waals surface area contributed by atoms with Gasteiger partial charge in [-0.1, -0.05) is 36.0 Å². The summed E-state index contributed by atoms with van der Waals surface area (Å²) in [6.45, 7) is 0. The summed E-state index contributed by atoms with van der Waals surface area (Å²) in [7, 11) is 0. The standard InChI is InChI=1S/C10H11ClN2O/c11-9-8(6-12)13-14-10(9)7-4-2-1-3-5-7/h7H,1-5H2. The van der Waals surface area contributed by atoms with E-state index in [4.69, 9.17) is 21.4 Å². The van der Waals surface area contributed by atoms with Gasteiger partial charge in [0.1, 0.15) is 11.1 Å². The third-order valence-corrected chi connectivity index (χ3v) is 3.11. The first kappa shape index (κ1) is 9.54. The van der Waals surface area contributed by atoms with Crippen LogP contribution in [0.15, 0.2) is 4.52 Å². The van der Waals surface area contributed by atoms with Gasteiger partial charge in [-0.2, -0.15) is 5.26 Å². The second kappa shape index (κ2) is 4.02. The minimum Gasteiger partial charge on any atom is -0.358 e. The molecule has 1 aliphatic carbocycles. The Morgan fingerprint density at radius 2 is 2.07 bits per heavy atom. The predicted octanol–water partition coefficient (Wildman–Crippen LogP) is 3.25. The maximum absolute atomic E-state index is 8.67. The van der Waals surface area contributed by atoms with E-state index < -0.39 is 0 Å². The van der Waals surface area contributed by atoms with E-state index in [0.29, 0.717) is 16.7 Å². The topological polar surface area (TPSA) is 49.8 Å². The molecule has 0 spiro atoms. The van der Waals surface area contributed by atoms with Crippen molar-refractivity contribution in [2.75, 3.05) is 0 Å². The number of hydrogen-bond donors (Lipinski definition) is 0. The van der Waals surface area contributed by atoms with Crippen molar-refractivity contribution < 1.29 is 4.52 Å². The number of halogens is 1. The lowest BCUT2D eigenvalue weighted by Gasteiger charge is -2.18. The number of rotatable bonds is 1. The van der Waals surface area contributed by atoms with Crippen LogP contribution in [0.3, 0.4) is 0 Å². The number of nitriles is 1. The fourth-order valence-electron chi connectivity index (χ4n) is 1.98. The first-order chi connectivity index (χ1) is 6.83. The van der Waals surface area contributed by atoms with Crippen LogP contribution in [0.1, 0.15) is 49.5 Å². The molecule has 14 heavy (non-hydrogen) atoms. The summed E-state index contributed by atoms with van der Waals surface area (Å²) in [5.74, 6) is 1.08. The zero-order chi connectivity index (χ0) is 9.97. The highest BCUT2D eigenvalue weighted by atomic mass is 35.5. The second-order valence-corrected chi connectivity index (χ2v) is 4.03. The lowest BCUT2D eigenvalue weighted by atomic mass is 9.87. The molecule has 0 unspecified atom stereocenters. The van der Waals surface area contributed by atoms with Gasteiger partial charge in [0.15, 0.2) is 5.76 Å². The van der Waals surface area contributed by atoms with E-state index in [0.717, 1.165) is 12.8 Å². The van der Waals surface area contributed by atoms with E-state index in [1.54, 1.807) is 0 Å². The minimum absolute atomic E-state index is 0.215. The van der Waals surface area contributed by atoms with Gasteiger partial charge in [-0.25, -0.2) is 0 Å². The van der Waals surface area contributed by atoms with Gasteiger partial charge in [0.2, 0.25) is 5.69 Å². The van der Waals surface area contributed by atoms with Crippen molar-refractivity contribution in [1.29, 1.82) is 5.26 Å². The highest BCUT2D eigenvalue weighted by Gasteiger charge is 2.24. The maximum Gasteiger partial charge on any atom is 0.202 e. The van der Waals surface area contributed by atoms with E-state index in [1.165, 1.54) is 19.3 Å². The molecule has 74 valence electrons. The molecule has 1 aliphatic rings. The van der Waals surface area contributed by atoms with Crippen LogP contribution in [0.5, 0.6) is 0 Å². The fourth-order valence-corrected chi connectivity index (χ4v) is 2.25. The van der Waals surface area contributed by atoms with E-state index >= 15 is 0 Å². The molecule has 4 heteroatoms.